The Morgan fingerprint density at radius 1 is 1.35 bits per heavy atom. The third-order valence-corrected chi connectivity index (χ3v) is 4.03. The van der Waals surface area contributed by atoms with Crippen molar-refractivity contribution in [3.05, 3.63) is 40.5 Å². The molecule has 0 saturated heterocycles. The molecule has 7 heteroatoms. The number of nitrogens with two attached hydrogens (primary N) is 1. The van der Waals surface area contributed by atoms with Crippen molar-refractivity contribution in [1.82, 2.24) is 0 Å². The van der Waals surface area contributed by atoms with Crippen LogP contribution in [0.15, 0.2) is 40.5 Å². The largest absolute Gasteiger partial charge is 0.485 e. The second-order valence-electron chi connectivity index (χ2n) is 3.28. The summed E-state index contributed by atoms with van der Waals surface area (Å²) in [5, 5.41) is 0.0228. The van der Waals surface area contributed by atoms with Crippen LogP contribution in [0.25, 0.3) is 0 Å². The Balaban J connectivity index is 2.10. The number of aliphatic imine (C=N–C) groups is 1. The van der Waals surface area contributed by atoms with E-state index in [-0.39, 0.29) is 16.7 Å². The Hall–Kier alpha value is -1.53. The molecule has 0 spiro atoms. The molecule has 2 N–H and O–H groups in total. The number of ether oxygens (including phenoxy) is 1. The summed E-state index contributed by atoms with van der Waals surface area (Å²) in [6.45, 7) is -0.191. The van der Waals surface area contributed by atoms with Gasteiger partial charge in [0.05, 0.1) is 11.2 Å². The normalized spacial score (nSPS) is 17.5. The van der Waals surface area contributed by atoms with Gasteiger partial charge in [0.2, 0.25) is 9.84 Å². The third-order valence-electron chi connectivity index (χ3n) is 2.14. The Bertz CT molecular complexity index is 608. The molecule has 2 rings (SSSR count). The van der Waals surface area contributed by atoms with Gasteiger partial charge in [0.15, 0.2) is 10.1 Å². The molecule has 0 bridgehead atoms. The van der Waals surface area contributed by atoms with Crippen LogP contribution in [0.5, 0.6) is 5.75 Å². The molecule has 0 aromatic heterocycles. The summed E-state index contributed by atoms with van der Waals surface area (Å²) in [5.74, 6) is 0.400. The maximum atomic E-state index is 11.6. The van der Waals surface area contributed by atoms with Crippen LogP contribution in [-0.2, 0) is 9.84 Å². The minimum absolute atomic E-state index is 0.116. The predicted molar refractivity (Wildman–Crippen MR) is 65.6 cm³/mol. The van der Waals surface area contributed by atoms with Crippen LogP contribution in [-0.4, -0.2) is 20.1 Å². The van der Waals surface area contributed by atoms with Crippen LogP contribution in [0, 0.1) is 0 Å². The number of para-hydroxylation sites is 1. The Kier molecular flexibility index (Phi) is 3.08. The highest BCUT2D eigenvalue weighted by Crippen LogP contribution is 2.23. The first-order valence-corrected chi connectivity index (χ1v) is 6.52. The SMILES string of the molecule is NC1=CN=C(COc2ccccc2Cl)S1(=O)=O. The van der Waals surface area contributed by atoms with Crippen molar-refractivity contribution in [2.24, 2.45) is 10.7 Å². The van der Waals surface area contributed by atoms with E-state index in [4.69, 9.17) is 22.1 Å². The third kappa shape index (κ3) is 2.27. The van der Waals surface area contributed by atoms with Crippen molar-refractivity contribution < 1.29 is 13.2 Å². The van der Waals surface area contributed by atoms with Gasteiger partial charge in [-0.1, -0.05) is 23.7 Å². The maximum absolute atomic E-state index is 11.6. The highest BCUT2D eigenvalue weighted by atomic mass is 35.5. The number of hydrogen-bond acceptors (Lipinski definition) is 5. The van der Waals surface area contributed by atoms with E-state index in [9.17, 15) is 8.42 Å². The van der Waals surface area contributed by atoms with Crippen LogP contribution < -0.4 is 10.5 Å². The van der Waals surface area contributed by atoms with E-state index in [0.29, 0.717) is 10.8 Å². The lowest BCUT2D eigenvalue weighted by Gasteiger charge is -2.07. The number of hydrogen-bond donors (Lipinski definition) is 1. The fourth-order valence-electron chi connectivity index (χ4n) is 1.23. The van der Waals surface area contributed by atoms with E-state index in [1.165, 1.54) is 0 Å². The number of halogens is 1. The molecular weight excluding hydrogens is 264 g/mol. The summed E-state index contributed by atoms with van der Waals surface area (Å²) in [6, 6.07) is 6.77. The fourth-order valence-corrected chi connectivity index (χ4v) is 2.29. The number of benzene rings is 1. The fraction of sp³-hybridized carbons (Fsp3) is 0.100. The van der Waals surface area contributed by atoms with Crippen LogP contribution in [0.1, 0.15) is 0 Å². The molecule has 0 amide bonds. The van der Waals surface area contributed by atoms with E-state index in [1.807, 2.05) is 0 Å². The Morgan fingerprint density at radius 2 is 2.06 bits per heavy atom. The summed E-state index contributed by atoms with van der Waals surface area (Å²) in [7, 11) is -3.63. The molecule has 17 heavy (non-hydrogen) atoms. The first-order valence-electron chi connectivity index (χ1n) is 4.66. The quantitative estimate of drug-likeness (QED) is 0.899. The smallest absolute Gasteiger partial charge is 0.239 e. The van der Waals surface area contributed by atoms with Gasteiger partial charge in [-0.3, -0.25) is 0 Å². The molecule has 1 aliphatic heterocycles. The number of nitrogens with zero attached hydrogens (tertiary/aromatic N) is 1. The van der Waals surface area contributed by atoms with E-state index in [2.05, 4.69) is 4.99 Å². The monoisotopic (exact) mass is 272 g/mol. The van der Waals surface area contributed by atoms with Gasteiger partial charge in [0, 0.05) is 0 Å². The van der Waals surface area contributed by atoms with Gasteiger partial charge < -0.3 is 10.5 Å². The van der Waals surface area contributed by atoms with Gasteiger partial charge >= 0.3 is 0 Å². The molecule has 0 unspecified atom stereocenters. The van der Waals surface area contributed by atoms with Crippen LogP contribution in [0.3, 0.4) is 0 Å². The summed E-state index contributed by atoms with van der Waals surface area (Å²) in [4.78, 5) is 3.69. The van der Waals surface area contributed by atoms with Crippen molar-refractivity contribution in [3.63, 3.8) is 0 Å². The van der Waals surface area contributed by atoms with E-state index >= 15 is 0 Å². The zero-order valence-corrected chi connectivity index (χ0v) is 10.2. The highest BCUT2D eigenvalue weighted by Gasteiger charge is 2.27. The van der Waals surface area contributed by atoms with Gasteiger partial charge in [-0.2, -0.15) is 0 Å². The molecule has 90 valence electrons. The molecule has 1 aromatic rings. The molecule has 0 radical (unpaired) electrons. The second kappa shape index (κ2) is 4.38. The van der Waals surface area contributed by atoms with Crippen LogP contribution in [0.4, 0.5) is 0 Å². The van der Waals surface area contributed by atoms with Crippen LogP contribution in [0.2, 0.25) is 5.02 Å². The Labute approximate surface area is 103 Å². The van der Waals surface area contributed by atoms with Crippen molar-refractivity contribution in [2.45, 2.75) is 0 Å². The maximum Gasteiger partial charge on any atom is 0.239 e. The van der Waals surface area contributed by atoms with Gasteiger partial charge in [0.1, 0.15) is 12.4 Å². The average molecular weight is 273 g/mol. The summed E-state index contributed by atoms with van der Waals surface area (Å²) in [5.41, 5.74) is 5.28. The van der Waals surface area contributed by atoms with Gasteiger partial charge in [-0.05, 0) is 12.1 Å². The molecule has 0 saturated carbocycles. The van der Waals surface area contributed by atoms with Crippen molar-refractivity contribution in [2.75, 3.05) is 6.61 Å². The first-order chi connectivity index (χ1) is 8.01. The first kappa shape index (κ1) is 11.9. The molecule has 0 fully saturated rings. The number of rotatable bonds is 3. The molecule has 1 aliphatic rings. The molecular formula is C10H9ClN2O3S. The molecule has 0 atom stereocenters. The summed E-state index contributed by atoms with van der Waals surface area (Å²) < 4.78 is 28.4. The predicted octanol–water partition coefficient (Wildman–Crippen LogP) is 1.30. The lowest BCUT2D eigenvalue weighted by Crippen LogP contribution is -2.23. The van der Waals surface area contributed by atoms with Crippen molar-refractivity contribution >= 4 is 26.5 Å². The molecule has 5 nitrogen and oxygen atoms in total. The van der Waals surface area contributed by atoms with E-state index in [0.717, 1.165) is 6.20 Å². The minimum Gasteiger partial charge on any atom is -0.485 e. The van der Waals surface area contributed by atoms with Crippen molar-refractivity contribution in [3.8, 4) is 5.75 Å². The van der Waals surface area contributed by atoms with E-state index in [1.54, 1.807) is 24.3 Å². The van der Waals surface area contributed by atoms with Gasteiger partial charge in [-0.15, -0.1) is 0 Å². The molecule has 1 aromatic carbocycles. The Morgan fingerprint density at radius 3 is 2.65 bits per heavy atom. The summed E-state index contributed by atoms with van der Waals surface area (Å²) in [6.07, 6.45) is 1.10. The highest BCUT2D eigenvalue weighted by molar-refractivity contribution is 8.10. The van der Waals surface area contributed by atoms with Crippen molar-refractivity contribution in [1.29, 1.82) is 0 Å². The lowest BCUT2D eigenvalue weighted by atomic mass is 10.3. The second-order valence-corrected chi connectivity index (χ2v) is 5.63. The van der Waals surface area contributed by atoms with E-state index < -0.39 is 9.84 Å². The van der Waals surface area contributed by atoms with Gasteiger partial charge in [0.25, 0.3) is 0 Å². The average Bonchev–Trinajstić information content (AvgIpc) is 2.54. The molecule has 0 aliphatic carbocycles. The lowest BCUT2D eigenvalue weighted by molar-refractivity contribution is 0.378. The van der Waals surface area contributed by atoms with Gasteiger partial charge in [-0.25, -0.2) is 13.4 Å². The zero-order valence-electron chi connectivity index (χ0n) is 8.63. The minimum atomic E-state index is -3.63. The topological polar surface area (TPSA) is 81.8 Å². The number of sulfone groups is 1. The summed E-state index contributed by atoms with van der Waals surface area (Å²) >= 11 is 5.86. The van der Waals surface area contributed by atoms with Crippen LogP contribution >= 0.6 is 11.6 Å². The molecule has 1 heterocycles. The zero-order chi connectivity index (χ0) is 12.5. The standard InChI is InChI=1S/C10H9ClN2O3S/c11-7-3-1-2-4-8(7)16-6-10-13-5-9(12)17(10,14)15/h1-5H,6,12H2.